The fourth-order valence-corrected chi connectivity index (χ4v) is 3.82. The molecule has 3 atom stereocenters. The van der Waals surface area contributed by atoms with Crippen molar-refractivity contribution in [3.63, 3.8) is 0 Å². The van der Waals surface area contributed by atoms with E-state index in [2.05, 4.69) is 31.4 Å². The molecule has 0 bridgehead atoms. The third kappa shape index (κ3) is 8.37. The van der Waals surface area contributed by atoms with Crippen molar-refractivity contribution in [1.82, 2.24) is 15.5 Å². The van der Waals surface area contributed by atoms with E-state index in [1.54, 1.807) is 25.7 Å². The fourth-order valence-electron chi connectivity index (χ4n) is 3.82. The zero-order valence-corrected chi connectivity index (χ0v) is 21.1. The van der Waals surface area contributed by atoms with Crippen LogP contribution in [0.3, 0.4) is 0 Å². The number of nitrogens with zero attached hydrogens (tertiary/aromatic N) is 1. The Labute approximate surface area is 198 Å². The van der Waals surface area contributed by atoms with Crippen molar-refractivity contribution in [1.29, 1.82) is 0 Å². The second kappa shape index (κ2) is 12.1. The highest BCUT2D eigenvalue weighted by atomic mass is 16.6. The van der Waals surface area contributed by atoms with Gasteiger partial charge in [0.25, 0.3) is 0 Å². The topological polar surface area (TPSA) is 87.7 Å². The number of unbranched alkanes of at least 4 members (excludes halogenated alkanes) is 2. The van der Waals surface area contributed by atoms with E-state index in [0.29, 0.717) is 12.5 Å². The van der Waals surface area contributed by atoms with E-state index in [0.717, 1.165) is 37.7 Å². The van der Waals surface area contributed by atoms with Crippen LogP contribution in [-0.4, -0.2) is 47.5 Å². The highest BCUT2D eigenvalue weighted by Crippen LogP contribution is 2.40. The lowest BCUT2D eigenvalue weighted by Crippen LogP contribution is -2.49. The molecular formula is C26H41N3O4. The molecule has 0 saturated heterocycles. The van der Waals surface area contributed by atoms with Gasteiger partial charge in [0.1, 0.15) is 18.2 Å². The van der Waals surface area contributed by atoms with Crippen LogP contribution in [0.4, 0.5) is 4.79 Å². The Morgan fingerprint density at radius 3 is 2.24 bits per heavy atom. The molecule has 7 nitrogen and oxygen atoms in total. The Balaban J connectivity index is 2.24. The number of rotatable bonds is 11. The van der Waals surface area contributed by atoms with Crippen molar-refractivity contribution in [2.75, 3.05) is 13.1 Å². The molecule has 0 aliphatic heterocycles. The summed E-state index contributed by atoms with van der Waals surface area (Å²) in [4.78, 5) is 40.5. The van der Waals surface area contributed by atoms with Crippen molar-refractivity contribution in [3.8, 4) is 0 Å². The van der Waals surface area contributed by atoms with Gasteiger partial charge in [-0.05, 0) is 57.1 Å². The van der Waals surface area contributed by atoms with Gasteiger partial charge < -0.3 is 20.3 Å². The minimum absolute atomic E-state index is 0.0322. The minimum atomic E-state index is -0.736. The summed E-state index contributed by atoms with van der Waals surface area (Å²) in [6.07, 6.45) is 4.10. The normalized spacial score (nSPS) is 18.2. The van der Waals surface area contributed by atoms with Gasteiger partial charge in [-0.3, -0.25) is 9.59 Å². The number of aryl methyl sites for hydroxylation is 1. The summed E-state index contributed by atoms with van der Waals surface area (Å²) >= 11 is 0. The highest BCUT2D eigenvalue weighted by Gasteiger charge is 2.46. The van der Waals surface area contributed by atoms with Gasteiger partial charge in [0.2, 0.25) is 11.8 Å². The predicted octanol–water partition coefficient (Wildman–Crippen LogP) is 4.36. The third-order valence-electron chi connectivity index (χ3n) is 5.80. The van der Waals surface area contributed by atoms with Crippen molar-refractivity contribution in [3.05, 3.63) is 35.4 Å². The van der Waals surface area contributed by atoms with E-state index < -0.39 is 17.7 Å². The Hall–Kier alpha value is -2.57. The van der Waals surface area contributed by atoms with E-state index in [1.807, 2.05) is 24.3 Å². The van der Waals surface area contributed by atoms with Crippen LogP contribution in [0.25, 0.3) is 0 Å². The number of ether oxygens (including phenoxy) is 1. The number of carbonyl (C=O) groups is 3. The molecule has 2 N–H and O–H groups in total. The molecule has 0 aromatic heterocycles. The fraction of sp³-hybridized carbons (Fsp3) is 0.654. The first-order valence-electron chi connectivity index (χ1n) is 12.2. The van der Waals surface area contributed by atoms with Gasteiger partial charge in [0.15, 0.2) is 0 Å². The van der Waals surface area contributed by atoms with Gasteiger partial charge in [0.05, 0.1) is 0 Å². The maximum atomic E-state index is 13.4. The van der Waals surface area contributed by atoms with Crippen LogP contribution in [0.2, 0.25) is 0 Å². The van der Waals surface area contributed by atoms with Crippen molar-refractivity contribution in [2.45, 2.75) is 91.3 Å². The number of alkyl carbamates (subject to hydrolysis) is 1. The molecule has 1 saturated carbocycles. The lowest BCUT2D eigenvalue weighted by atomic mass is 10.0. The molecule has 1 aliphatic carbocycles. The lowest BCUT2D eigenvalue weighted by Gasteiger charge is -2.32. The Kier molecular flexibility index (Phi) is 9.74. The van der Waals surface area contributed by atoms with Crippen LogP contribution in [0, 0.1) is 5.92 Å². The Morgan fingerprint density at radius 2 is 1.73 bits per heavy atom. The van der Waals surface area contributed by atoms with Crippen LogP contribution in [-0.2, 0) is 20.7 Å². The maximum absolute atomic E-state index is 13.4. The van der Waals surface area contributed by atoms with Gasteiger partial charge in [-0.25, -0.2) is 4.79 Å². The number of hydrogen-bond donors (Lipinski definition) is 2. The smallest absolute Gasteiger partial charge is 0.408 e. The lowest BCUT2D eigenvalue weighted by molar-refractivity contribution is -0.141. The van der Waals surface area contributed by atoms with Gasteiger partial charge in [-0.15, -0.1) is 0 Å². The van der Waals surface area contributed by atoms with E-state index >= 15 is 0 Å². The molecule has 1 aliphatic rings. The van der Waals surface area contributed by atoms with Crippen LogP contribution in [0.1, 0.15) is 84.4 Å². The van der Waals surface area contributed by atoms with Gasteiger partial charge in [-0.1, -0.05) is 57.9 Å². The molecule has 33 heavy (non-hydrogen) atoms. The molecule has 1 fully saturated rings. The summed E-state index contributed by atoms with van der Waals surface area (Å²) in [5.74, 6) is -0.163. The zero-order chi connectivity index (χ0) is 24.6. The van der Waals surface area contributed by atoms with Crippen molar-refractivity contribution in [2.24, 2.45) is 5.92 Å². The molecule has 2 rings (SSSR count). The molecule has 0 spiro atoms. The molecule has 1 aromatic carbocycles. The first-order valence-corrected chi connectivity index (χ1v) is 12.2. The highest BCUT2D eigenvalue weighted by molar-refractivity contribution is 5.91. The Morgan fingerprint density at radius 1 is 1.09 bits per heavy atom. The summed E-state index contributed by atoms with van der Waals surface area (Å²) in [6, 6.07) is 7.11. The average Bonchev–Trinajstić information content (AvgIpc) is 3.47. The molecule has 0 radical (unpaired) electrons. The van der Waals surface area contributed by atoms with E-state index in [9.17, 15) is 14.4 Å². The maximum Gasteiger partial charge on any atom is 0.408 e. The number of benzene rings is 1. The van der Waals surface area contributed by atoms with Gasteiger partial charge >= 0.3 is 6.09 Å². The van der Waals surface area contributed by atoms with Crippen molar-refractivity contribution < 1.29 is 19.1 Å². The van der Waals surface area contributed by atoms with Crippen LogP contribution >= 0.6 is 0 Å². The molecule has 7 heteroatoms. The standard InChI is InChI=1S/C26H41N3O4/c1-7-9-10-15-27-24(31)23(20-13-11-19(8-2)12-14-20)29(21-16-18(21)3)22(30)17-28-25(32)33-26(4,5)6/h11-14,18,21,23H,7-10,15-17H2,1-6H3,(H,27,31)(H,28,32). The largest absolute Gasteiger partial charge is 0.444 e. The van der Waals surface area contributed by atoms with E-state index in [1.165, 1.54) is 5.56 Å². The quantitative estimate of drug-likeness (QED) is 0.481. The van der Waals surface area contributed by atoms with Gasteiger partial charge in [-0.2, -0.15) is 0 Å². The number of amides is 3. The molecule has 3 unspecified atom stereocenters. The van der Waals surface area contributed by atoms with Crippen LogP contribution in [0.15, 0.2) is 24.3 Å². The number of hydrogen-bond acceptors (Lipinski definition) is 4. The monoisotopic (exact) mass is 459 g/mol. The Bertz CT molecular complexity index is 801. The first kappa shape index (κ1) is 26.7. The zero-order valence-electron chi connectivity index (χ0n) is 21.1. The number of nitrogens with one attached hydrogen (secondary N) is 2. The summed E-state index contributed by atoms with van der Waals surface area (Å²) in [6.45, 7) is 11.9. The van der Waals surface area contributed by atoms with E-state index in [-0.39, 0.29) is 24.4 Å². The molecule has 184 valence electrons. The molecule has 0 heterocycles. The predicted molar refractivity (Wildman–Crippen MR) is 130 cm³/mol. The van der Waals surface area contributed by atoms with Crippen molar-refractivity contribution >= 4 is 17.9 Å². The molecule has 1 aromatic rings. The average molecular weight is 460 g/mol. The summed E-state index contributed by atoms with van der Waals surface area (Å²) in [5.41, 5.74) is 1.30. The summed E-state index contributed by atoms with van der Waals surface area (Å²) < 4.78 is 5.26. The second-order valence-corrected chi connectivity index (χ2v) is 9.93. The number of carbonyl (C=O) groups excluding carboxylic acids is 3. The van der Waals surface area contributed by atoms with Gasteiger partial charge in [0, 0.05) is 12.6 Å². The summed E-state index contributed by atoms with van der Waals surface area (Å²) in [7, 11) is 0. The third-order valence-corrected chi connectivity index (χ3v) is 5.80. The van der Waals surface area contributed by atoms with Crippen LogP contribution in [0.5, 0.6) is 0 Å². The molecule has 3 amide bonds. The minimum Gasteiger partial charge on any atom is -0.444 e. The second-order valence-electron chi connectivity index (χ2n) is 9.93. The summed E-state index contributed by atoms with van der Waals surface area (Å²) in [5, 5.41) is 5.58. The van der Waals surface area contributed by atoms with E-state index in [4.69, 9.17) is 4.74 Å². The first-order chi connectivity index (χ1) is 15.6. The van der Waals surface area contributed by atoms with Crippen LogP contribution < -0.4 is 10.6 Å². The SMILES string of the molecule is CCCCCNC(=O)C(c1ccc(CC)cc1)N(C(=O)CNC(=O)OC(C)(C)C)C1CC1C. The molecular weight excluding hydrogens is 418 g/mol.